The normalized spacial score (nSPS) is 10.6. The second kappa shape index (κ2) is 6.62. The molecule has 0 atom stereocenters. The summed E-state index contributed by atoms with van der Waals surface area (Å²) in [6.07, 6.45) is 4.96. The van der Waals surface area contributed by atoms with Crippen LogP contribution in [0.2, 0.25) is 5.15 Å². The van der Waals surface area contributed by atoms with Gasteiger partial charge in [0.15, 0.2) is 0 Å². The second-order valence-electron chi connectivity index (χ2n) is 4.92. The number of halogens is 2. The predicted octanol–water partition coefficient (Wildman–Crippen LogP) is 4.67. The third kappa shape index (κ3) is 3.46. The van der Waals surface area contributed by atoms with Crippen molar-refractivity contribution in [2.45, 2.75) is 13.1 Å². The van der Waals surface area contributed by atoms with E-state index < -0.39 is 0 Å². The van der Waals surface area contributed by atoms with E-state index >= 15 is 0 Å². The van der Waals surface area contributed by atoms with Gasteiger partial charge in [-0.1, -0.05) is 35.9 Å². The molecule has 3 rings (SSSR count). The number of nitrogens with zero attached hydrogens (tertiary/aromatic N) is 2. The lowest BCUT2D eigenvalue weighted by Gasteiger charge is -2.23. The molecular formula is C17H14ClFN2O. The van der Waals surface area contributed by atoms with Gasteiger partial charge in [-0.15, -0.1) is 0 Å². The van der Waals surface area contributed by atoms with E-state index in [1.165, 1.54) is 6.07 Å². The maximum Gasteiger partial charge on any atom is 0.129 e. The van der Waals surface area contributed by atoms with E-state index in [-0.39, 0.29) is 5.82 Å². The fraction of sp³-hybridized carbons (Fsp3) is 0.118. The summed E-state index contributed by atoms with van der Waals surface area (Å²) in [6.45, 7) is 1.02. The van der Waals surface area contributed by atoms with Crippen LogP contribution in [0.25, 0.3) is 0 Å². The summed E-state index contributed by atoms with van der Waals surface area (Å²) in [7, 11) is 0. The van der Waals surface area contributed by atoms with Crippen molar-refractivity contribution in [3.05, 3.63) is 83.3 Å². The molecule has 0 N–H and O–H groups in total. The Morgan fingerprint density at radius 2 is 1.95 bits per heavy atom. The molecule has 3 aromatic rings. The van der Waals surface area contributed by atoms with E-state index in [2.05, 4.69) is 4.98 Å². The van der Waals surface area contributed by atoms with Crippen LogP contribution in [0.1, 0.15) is 11.1 Å². The molecular weight excluding hydrogens is 303 g/mol. The summed E-state index contributed by atoms with van der Waals surface area (Å²) in [5.41, 5.74) is 2.51. The van der Waals surface area contributed by atoms with Crippen molar-refractivity contribution in [2.75, 3.05) is 4.90 Å². The lowest BCUT2D eigenvalue weighted by molar-refractivity contribution is 0.564. The number of benzene rings is 1. The quantitative estimate of drug-likeness (QED) is 0.640. The zero-order valence-corrected chi connectivity index (χ0v) is 12.5. The minimum atomic E-state index is -0.217. The first kappa shape index (κ1) is 14.6. The van der Waals surface area contributed by atoms with E-state index in [0.717, 1.165) is 11.3 Å². The first-order valence-electron chi connectivity index (χ1n) is 6.83. The van der Waals surface area contributed by atoms with Crippen LogP contribution in [0, 0.1) is 5.82 Å². The van der Waals surface area contributed by atoms with Gasteiger partial charge in [0.25, 0.3) is 0 Å². The number of furan rings is 1. The summed E-state index contributed by atoms with van der Waals surface area (Å²) in [4.78, 5) is 6.10. The molecule has 0 unspecified atom stereocenters. The molecule has 2 heterocycles. The predicted molar refractivity (Wildman–Crippen MR) is 84.2 cm³/mol. The number of anilines is 1. The Balaban J connectivity index is 1.85. The Labute approximate surface area is 133 Å². The number of pyridine rings is 1. The van der Waals surface area contributed by atoms with Crippen molar-refractivity contribution in [3.63, 3.8) is 0 Å². The van der Waals surface area contributed by atoms with Crippen LogP contribution in [0.5, 0.6) is 0 Å². The lowest BCUT2D eigenvalue weighted by atomic mass is 10.1. The zero-order valence-electron chi connectivity index (χ0n) is 11.7. The largest absolute Gasteiger partial charge is 0.470 e. The van der Waals surface area contributed by atoms with E-state index in [0.29, 0.717) is 23.8 Å². The van der Waals surface area contributed by atoms with Gasteiger partial charge in [-0.05, 0) is 23.8 Å². The molecule has 0 amide bonds. The molecule has 0 saturated heterocycles. The zero-order chi connectivity index (χ0) is 15.4. The lowest BCUT2D eigenvalue weighted by Crippen LogP contribution is -2.22. The summed E-state index contributed by atoms with van der Waals surface area (Å²) in [5.74, 6) is -0.217. The third-order valence-corrected chi connectivity index (χ3v) is 3.58. The molecule has 0 radical (unpaired) electrons. The molecule has 0 aliphatic heterocycles. The van der Waals surface area contributed by atoms with E-state index in [1.54, 1.807) is 36.9 Å². The molecule has 0 saturated carbocycles. The molecule has 22 heavy (non-hydrogen) atoms. The van der Waals surface area contributed by atoms with E-state index in [4.69, 9.17) is 16.0 Å². The highest BCUT2D eigenvalue weighted by atomic mass is 35.5. The van der Waals surface area contributed by atoms with Gasteiger partial charge in [0.2, 0.25) is 0 Å². The van der Waals surface area contributed by atoms with Gasteiger partial charge in [-0.2, -0.15) is 0 Å². The first-order chi connectivity index (χ1) is 10.7. The average Bonchev–Trinajstić information content (AvgIpc) is 3.05. The SMILES string of the molecule is Fc1ccccc1CN(Cc1ccc(Cl)nc1)c1ccoc1. The average molecular weight is 317 g/mol. The topological polar surface area (TPSA) is 29.3 Å². The number of hydrogen-bond acceptors (Lipinski definition) is 3. The van der Waals surface area contributed by atoms with Crippen molar-refractivity contribution in [1.29, 1.82) is 0 Å². The van der Waals surface area contributed by atoms with Crippen molar-refractivity contribution in [3.8, 4) is 0 Å². The highest BCUT2D eigenvalue weighted by Crippen LogP contribution is 2.22. The maximum absolute atomic E-state index is 13.9. The Morgan fingerprint density at radius 3 is 2.64 bits per heavy atom. The highest BCUT2D eigenvalue weighted by Gasteiger charge is 2.12. The third-order valence-electron chi connectivity index (χ3n) is 3.35. The van der Waals surface area contributed by atoms with Crippen molar-refractivity contribution in [1.82, 2.24) is 4.98 Å². The summed E-state index contributed by atoms with van der Waals surface area (Å²) in [5, 5.41) is 0.452. The molecule has 0 bridgehead atoms. The molecule has 0 aliphatic rings. The van der Waals surface area contributed by atoms with Gasteiger partial charge in [-0.3, -0.25) is 0 Å². The molecule has 0 aliphatic carbocycles. The molecule has 2 aromatic heterocycles. The van der Waals surface area contributed by atoms with Crippen molar-refractivity contribution in [2.24, 2.45) is 0 Å². The molecule has 112 valence electrons. The Bertz CT molecular complexity index is 729. The van der Waals surface area contributed by atoms with Crippen LogP contribution in [0.3, 0.4) is 0 Å². The van der Waals surface area contributed by atoms with Gasteiger partial charge in [0, 0.05) is 24.8 Å². The number of hydrogen-bond donors (Lipinski definition) is 0. The first-order valence-corrected chi connectivity index (χ1v) is 7.21. The van der Waals surface area contributed by atoms with Crippen LogP contribution in [-0.2, 0) is 13.1 Å². The van der Waals surface area contributed by atoms with Crippen LogP contribution >= 0.6 is 11.6 Å². The second-order valence-corrected chi connectivity index (χ2v) is 5.31. The highest BCUT2D eigenvalue weighted by molar-refractivity contribution is 6.29. The fourth-order valence-corrected chi connectivity index (χ4v) is 2.34. The molecule has 0 spiro atoms. The standard InChI is InChI=1S/C17H14ClFN2O/c18-17-6-5-13(9-20-17)10-21(15-7-8-22-12-15)11-14-3-1-2-4-16(14)19/h1-9,12H,10-11H2. The van der Waals surface area contributed by atoms with Crippen molar-refractivity contribution >= 4 is 17.3 Å². The number of aromatic nitrogens is 1. The fourth-order valence-electron chi connectivity index (χ4n) is 2.23. The van der Waals surface area contributed by atoms with Crippen LogP contribution < -0.4 is 4.90 Å². The van der Waals surface area contributed by atoms with Crippen LogP contribution in [-0.4, -0.2) is 4.98 Å². The van der Waals surface area contributed by atoms with E-state index in [1.807, 2.05) is 23.1 Å². The molecule has 1 aromatic carbocycles. The minimum absolute atomic E-state index is 0.217. The smallest absolute Gasteiger partial charge is 0.129 e. The maximum atomic E-state index is 13.9. The van der Waals surface area contributed by atoms with Crippen LogP contribution in [0.4, 0.5) is 10.1 Å². The summed E-state index contributed by atoms with van der Waals surface area (Å²) in [6, 6.07) is 12.3. The summed E-state index contributed by atoms with van der Waals surface area (Å²) < 4.78 is 19.1. The van der Waals surface area contributed by atoms with Crippen LogP contribution in [0.15, 0.2) is 65.6 Å². The monoisotopic (exact) mass is 316 g/mol. The van der Waals surface area contributed by atoms with E-state index in [9.17, 15) is 4.39 Å². The van der Waals surface area contributed by atoms with Gasteiger partial charge in [0.1, 0.15) is 17.2 Å². The summed E-state index contributed by atoms with van der Waals surface area (Å²) >= 11 is 5.81. The van der Waals surface area contributed by atoms with Crippen molar-refractivity contribution < 1.29 is 8.81 Å². The minimum Gasteiger partial charge on any atom is -0.470 e. The van der Waals surface area contributed by atoms with Gasteiger partial charge < -0.3 is 9.32 Å². The molecule has 0 fully saturated rings. The number of rotatable bonds is 5. The molecule has 3 nitrogen and oxygen atoms in total. The van der Waals surface area contributed by atoms with Gasteiger partial charge in [0.05, 0.1) is 12.0 Å². The van der Waals surface area contributed by atoms with Gasteiger partial charge in [-0.25, -0.2) is 9.37 Å². The Kier molecular flexibility index (Phi) is 4.39. The Hall–Kier alpha value is -2.33. The van der Waals surface area contributed by atoms with Gasteiger partial charge >= 0.3 is 0 Å². The molecule has 5 heteroatoms. The Morgan fingerprint density at radius 1 is 1.09 bits per heavy atom.